The molecule has 2 nitrogen and oxygen atoms in total. The molecule has 2 heteroatoms. The van der Waals surface area contributed by atoms with Crippen molar-refractivity contribution in [1.82, 2.24) is 10.2 Å². The Morgan fingerprint density at radius 2 is 1.62 bits per heavy atom. The van der Waals surface area contributed by atoms with Crippen molar-refractivity contribution in [2.24, 2.45) is 23.7 Å². The fourth-order valence-electron chi connectivity index (χ4n) is 5.76. The lowest BCUT2D eigenvalue weighted by Gasteiger charge is -2.54. The van der Waals surface area contributed by atoms with E-state index in [0.717, 1.165) is 23.7 Å². The summed E-state index contributed by atoms with van der Waals surface area (Å²) in [6.45, 7) is 7.37. The van der Waals surface area contributed by atoms with Crippen molar-refractivity contribution in [3.63, 3.8) is 0 Å². The highest BCUT2D eigenvalue weighted by Gasteiger charge is 2.47. The van der Waals surface area contributed by atoms with Gasteiger partial charge in [0.2, 0.25) is 0 Å². The van der Waals surface area contributed by atoms with Gasteiger partial charge in [-0.3, -0.25) is 0 Å². The molecule has 5 atom stereocenters. The van der Waals surface area contributed by atoms with Gasteiger partial charge in [0.25, 0.3) is 0 Å². The second kappa shape index (κ2) is 7.00. The third-order valence-corrected chi connectivity index (χ3v) is 6.48. The van der Waals surface area contributed by atoms with E-state index in [4.69, 9.17) is 0 Å². The molecular weight excluding hydrogens is 256 g/mol. The molecule has 0 aliphatic heterocycles. The molecule has 0 bridgehead atoms. The van der Waals surface area contributed by atoms with Gasteiger partial charge in [-0.1, -0.05) is 33.6 Å². The molecule has 2 fully saturated rings. The first-order valence-electron chi connectivity index (χ1n) is 9.23. The fourth-order valence-corrected chi connectivity index (χ4v) is 5.76. The number of hydrogen-bond acceptors (Lipinski definition) is 2. The summed E-state index contributed by atoms with van der Waals surface area (Å²) in [4.78, 5) is 2.56. The molecule has 5 unspecified atom stereocenters. The molecule has 124 valence electrons. The predicted octanol–water partition coefficient (Wildman–Crippen LogP) is 4.16. The second-order valence-corrected chi connectivity index (χ2v) is 8.64. The Morgan fingerprint density at radius 1 is 1.00 bits per heavy atom. The largest absolute Gasteiger partial charge is 0.315 e. The van der Waals surface area contributed by atoms with Gasteiger partial charge in [-0.05, 0) is 76.9 Å². The molecule has 0 aromatic rings. The number of nitrogens with zero attached hydrogens (tertiary/aromatic N) is 1. The minimum atomic E-state index is 0.369. The highest BCUT2D eigenvalue weighted by Crippen LogP contribution is 2.44. The summed E-state index contributed by atoms with van der Waals surface area (Å²) in [6, 6.07) is 0.653. The Hall–Kier alpha value is -0.0800. The molecule has 2 aliphatic carbocycles. The Morgan fingerprint density at radius 3 is 2.10 bits per heavy atom. The van der Waals surface area contributed by atoms with Crippen molar-refractivity contribution >= 4 is 0 Å². The average Bonchev–Trinajstić information content (AvgIpc) is 2.38. The van der Waals surface area contributed by atoms with Crippen molar-refractivity contribution < 1.29 is 0 Å². The predicted molar refractivity (Wildman–Crippen MR) is 92.6 cm³/mol. The molecule has 0 heterocycles. The maximum Gasteiger partial charge on any atom is 0.0361 e. The Labute approximate surface area is 133 Å². The molecule has 2 saturated carbocycles. The molecular formula is C19H38N2. The van der Waals surface area contributed by atoms with Crippen molar-refractivity contribution in [1.29, 1.82) is 0 Å². The summed E-state index contributed by atoms with van der Waals surface area (Å²) in [5, 5.41) is 3.78. The first kappa shape index (κ1) is 17.3. The van der Waals surface area contributed by atoms with Crippen LogP contribution in [0.15, 0.2) is 0 Å². The topological polar surface area (TPSA) is 15.3 Å². The number of nitrogens with one attached hydrogen (secondary N) is 1. The van der Waals surface area contributed by atoms with Crippen molar-refractivity contribution in [3.05, 3.63) is 0 Å². The summed E-state index contributed by atoms with van der Waals surface area (Å²) >= 11 is 0. The van der Waals surface area contributed by atoms with E-state index in [0.29, 0.717) is 11.6 Å². The molecule has 2 rings (SSSR count). The lowest BCUT2D eigenvalue weighted by Crippen LogP contribution is -2.63. The van der Waals surface area contributed by atoms with E-state index in [1.807, 2.05) is 0 Å². The van der Waals surface area contributed by atoms with Crippen LogP contribution in [0, 0.1) is 23.7 Å². The molecule has 0 aromatic heterocycles. The van der Waals surface area contributed by atoms with Crippen LogP contribution in [0.2, 0.25) is 0 Å². The van der Waals surface area contributed by atoms with Crippen LogP contribution in [0.3, 0.4) is 0 Å². The van der Waals surface area contributed by atoms with Gasteiger partial charge in [-0.15, -0.1) is 0 Å². The average molecular weight is 295 g/mol. The van der Waals surface area contributed by atoms with E-state index >= 15 is 0 Å². The lowest BCUT2D eigenvalue weighted by atomic mass is 9.63. The SMILES string of the molecule is CNC(C1CC(C)CC(C)C1)C1(N(C)C)CCCC(C)C1. The Kier molecular flexibility index (Phi) is 5.76. The maximum atomic E-state index is 3.78. The van der Waals surface area contributed by atoms with Gasteiger partial charge >= 0.3 is 0 Å². The fraction of sp³-hybridized carbons (Fsp3) is 1.00. The van der Waals surface area contributed by atoms with E-state index in [-0.39, 0.29) is 0 Å². The Bertz CT molecular complexity index is 318. The molecule has 0 spiro atoms. The molecule has 0 amide bonds. The van der Waals surface area contributed by atoms with E-state index in [1.165, 1.54) is 44.9 Å². The van der Waals surface area contributed by atoms with Gasteiger partial charge in [0.1, 0.15) is 0 Å². The summed E-state index contributed by atoms with van der Waals surface area (Å²) in [7, 11) is 6.84. The minimum Gasteiger partial charge on any atom is -0.315 e. The minimum absolute atomic E-state index is 0.369. The first-order chi connectivity index (χ1) is 9.89. The van der Waals surface area contributed by atoms with Crippen LogP contribution in [0.1, 0.15) is 65.7 Å². The smallest absolute Gasteiger partial charge is 0.0361 e. The Balaban J connectivity index is 2.23. The summed E-state index contributed by atoms with van der Waals surface area (Å²) in [5.41, 5.74) is 0.369. The van der Waals surface area contributed by atoms with Gasteiger partial charge in [0, 0.05) is 11.6 Å². The number of hydrogen-bond donors (Lipinski definition) is 1. The highest BCUT2D eigenvalue weighted by molar-refractivity contribution is 5.05. The van der Waals surface area contributed by atoms with E-state index in [9.17, 15) is 0 Å². The van der Waals surface area contributed by atoms with Gasteiger partial charge in [0.15, 0.2) is 0 Å². The standard InChI is InChI=1S/C19H38N2/c1-14-8-7-9-19(13-14,21(5)6)18(20-4)17-11-15(2)10-16(3)12-17/h14-18,20H,7-13H2,1-6H3. The van der Waals surface area contributed by atoms with Crippen LogP contribution in [0.5, 0.6) is 0 Å². The molecule has 0 saturated heterocycles. The summed E-state index contributed by atoms with van der Waals surface area (Å²) in [6.07, 6.45) is 9.82. The third kappa shape index (κ3) is 3.64. The maximum absolute atomic E-state index is 3.78. The molecule has 0 aromatic carbocycles. The monoisotopic (exact) mass is 294 g/mol. The first-order valence-corrected chi connectivity index (χ1v) is 9.23. The van der Waals surface area contributed by atoms with Crippen LogP contribution in [0.4, 0.5) is 0 Å². The van der Waals surface area contributed by atoms with Crippen LogP contribution < -0.4 is 5.32 Å². The lowest BCUT2D eigenvalue weighted by molar-refractivity contribution is 0.00179. The van der Waals surface area contributed by atoms with Crippen molar-refractivity contribution in [3.8, 4) is 0 Å². The van der Waals surface area contributed by atoms with Crippen molar-refractivity contribution in [2.45, 2.75) is 77.3 Å². The number of rotatable bonds is 4. The number of likely N-dealkylation sites (N-methyl/N-ethyl adjacent to an activating group) is 2. The van der Waals surface area contributed by atoms with Gasteiger partial charge in [0.05, 0.1) is 0 Å². The van der Waals surface area contributed by atoms with E-state index in [2.05, 4.69) is 52.1 Å². The van der Waals surface area contributed by atoms with Crippen LogP contribution in [-0.4, -0.2) is 37.6 Å². The molecule has 0 radical (unpaired) electrons. The van der Waals surface area contributed by atoms with Gasteiger partial charge < -0.3 is 10.2 Å². The molecule has 1 N–H and O–H groups in total. The highest BCUT2D eigenvalue weighted by atomic mass is 15.2. The zero-order valence-electron chi connectivity index (χ0n) is 15.3. The normalized spacial score (nSPS) is 43.0. The molecule has 21 heavy (non-hydrogen) atoms. The zero-order chi connectivity index (χ0) is 15.6. The summed E-state index contributed by atoms with van der Waals surface area (Å²) in [5.74, 6) is 3.52. The third-order valence-electron chi connectivity index (χ3n) is 6.48. The zero-order valence-corrected chi connectivity index (χ0v) is 15.3. The molecule has 2 aliphatic rings. The quantitative estimate of drug-likeness (QED) is 0.837. The van der Waals surface area contributed by atoms with Crippen LogP contribution in [0.25, 0.3) is 0 Å². The van der Waals surface area contributed by atoms with E-state index in [1.54, 1.807) is 0 Å². The van der Waals surface area contributed by atoms with E-state index < -0.39 is 0 Å². The van der Waals surface area contributed by atoms with Crippen LogP contribution in [-0.2, 0) is 0 Å². The summed E-state index contributed by atoms with van der Waals surface area (Å²) < 4.78 is 0. The van der Waals surface area contributed by atoms with Crippen molar-refractivity contribution in [2.75, 3.05) is 21.1 Å². The van der Waals surface area contributed by atoms with Gasteiger partial charge in [-0.25, -0.2) is 0 Å². The second-order valence-electron chi connectivity index (χ2n) is 8.64. The van der Waals surface area contributed by atoms with Crippen LogP contribution >= 0.6 is 0 Å². The van der Waals surface area contributed by atoms with Gasteiger partial charge in [-0.2, -0.15) is 0 Å².